The van der Waals surface area contributed by atoms with Gasteiger partial charge in [0.2, 0.25) is 0 Å². The molecule has 0 unspecified atom stereocenters. The minimum Gasteiger partial charge on any atom is -0.507 e. The van der Waals surface area contributed by atoms with E-state index in [1.54, 1.807) is 24.4 Å². The van der Waals surface area contributed by atoms with Gasteiger partial charge in [0.25, 0.3) is 0 Å². The molecule has 9 nitrogen and oxygen atoms in total. The molecule has 5 rings (SSSR count). The topological polar surface area (TPSA) is 116 Å². The van der Waals surface area contributed by atoms with Crippen LogP contribution in [0.2, 0.25) is 0 Å². The molecule has 33 heavy (non-hydrogen) atoms. The molecule has 10 heteroatoms. The Bertz CT molecular complexity index is 1230. The molecule has 3 atom stereocenters. The molecule has 2 fully saturated rings. The first-order chi connectivity index (χ1) is 15.7. The molecule has 2 aliphatic heterocycles. The normalized spacial score (nSPS) is 26.2. The van der Waals surface area contributed by atoms with Gasteiger partial charge in [0.1, 0.15) is 11.8 Å². The third kappa shape index (κ3) is 3.78. The van der Waals surface area contributed by atoms with Gasteiger partial charge >= 0.3 is 0 Å². The molecule has 2 aliphatic rings. The number of halogens is 1. The molecule has 0 amide bonds. The smallest absolute Gasteiger partial charge is 0.198 e. The Morgan fingerprint density at radius 1 is 1.24 bits per heavy atom. The van der Waals surface area contributed by atoms with Crippen molar-refractivity contribution in [2.75, 3.05) is 11.9 Å². The van der Waals surface area contributed by atoms with Crippen LogP contribution in [0, 0.1) is 17.1 Å². The summed E-state index contributed by atoms with van der Waals surface area (Å²) in [6, 6.07) is 6.69. The summed E-state index contributed by atoms with van der Waals surface area (Å²) in [6.07, 6.45) is 7.18. The molecule has 2 bridgehead atoms. The second-order valence-electron chi connectivity index (χ2n) is 9.64. The molecule has 0 aliphatic carbocycles. The number of fused-ring (bicyclic) bond motifs is 2. The van der Waals surface area contributed by atoms with Gasteiger partial charge < -0.3 is 15.3 Å². The van der Waals surface area contributed by atoms with E-state index in [1.807, 2.05) is 7.05 Å². The third-order valence-electron chi connectivity index (χ3n) is 6.93. The van der Waals surface area contributed by atoms with Gasteiger partial charge in [-0.05, 0) is 51.7 Å². The second-order valence-corrected chi connectivity index (χ2v) is 9.64. The van der Waals surface area contributed by atoms with Gasteiger partial charge in [-0.1, -0.05) is 0 Å². The van der Waals surface area contributed by atoms with Crippen LogP contribution in [0.1, 0.15) is 45.2 Å². The lowest BCUT2D eigenvalue weighted by Gasteiger charge is -2.45. The largest absolute Gasteiger partial charge is 0.507 e. The lowest BCUT2D eigenvalue weighted by atomic mass is 9.84. The Morgan fingerprint density at radius 2 is 1.97 bits per heavy atom. The highest BCUT2D eigenvalue weighted by atomic mass is 19.1. The quantitative estimate of drug-likeness (QED) is 0.626. The molecular formula is C23H25FN8O. The summed E-state index contributed by atoms with van der Waals surface area (Å²) < 4.78 is 14.9. The fourth-order valence-corrected chi connectivity index (χ4v) is 5.25. The van der Waals surface area contributed by atoms with Crippen LogP contribution in [0.5, 0.6) is 5.75 Å². The van der Waals surface area contributed by atoms with E-state index < -0.39 is 5.82 Å². The Balaban J connectivity index is 1.36. The lowest BCUT2D eigenvalue weighted by Crippen LogP contribution is -2.58. The average molecular weight is 449 g/mol. The number of nitrogens with one attached hydrogen (secondary N) is 1. The number of phenolic OH excluding ortho intramolecular Hbond substituents is 1. The highest BCUT2D eigenvalue weighted by Gasteiger charge is 2.49. The summed E-state index contributed by atoms with van der Waals surface area (Å²) in [5, 5.41) is 35.7. The Morgan fingerprint density at radius 3 is 2.55 bits per heavy atom. The van der Waals surface area contributed by atoms with Crippen molar-refractivity contribution < 1.29 is 9.50 Å². The van der Waals surface area contributed by atoms with E-state index >= 15 is 0 Å². The van der Waals surface area contributed by atoms with Crippen molar-refractivity contribution in [2.24, 2.45) is 0 Å². The summed E-state index contributed by atoms with van der Waals surface area (Å²) in [6.45, 7) is 4.58. The summed E-state index contributed by atoms with van der Waals surface area (Å²) >= 11 is 0. The van der Waals surface area contributed by atoms with Crippen LogP contribution in [-0.4, -0.2) is 54.2 Å². The van der Waals surface area contributed by atoms with Crippen LogP contribution in [0.25, 0.3) is 17.1 Å². The Hall–Kier alpha value is -3.58. The van der Waals surface area contributed by atoms with Crippen molar-refractivity contribution in [3.8, 4) is 28.9 Å². The van der Waals surface area contributed by atoms with Crippen LogP contribution >= 0.6 is 0 Å². The molecule has 4 heterocycles. The van der Waals surface area contributed by atoms with E-state index in [9.17, 15) is 9.50 Å². The van der Waals surface area contributed by atoms with Crippen molar-refractivity contribution in [1.82, 2.24) is 30.3 Å². The number of benzene rings is 1. The molecule has 0 radical (unpaired) electrons. The van der Waals surface area contributed by atoms with Gasteiger partial charge in [-0.15, -0.1) is 10.2 Å². The van der Waals surface area contributed by atoms with E-state index in [0.29, 0.717) is 23.1 Å². The van der Waals surface area contributed by atoms with Crippen LogP contribution in [0.15, 0.2) is 30.6 Å². The standard InChI is InChI=1S/C23H25FN8O/c1-22-6-7-23(2,30-22)10-15(9-22)31(3)20-12-26-21(28-27-20)16-5-4-14(8-19(16)33)32-13-17(24)18(11-25)29-32/h4-5,8,12-13,15,30,33H,6-7,9-10H2,1-3H3/t15-,22-,23+. The number of phenols is 1. The Labute approximate surface area is 190 Å². The zero-order valence-electron chi connectivity index (χ0n) is 18.7. The molecule has 3 aromatic rings. The highest BCUT2D eigenvalue weighted by Crippen LogP contribution is 2.43. The average Bonchev–Trinajstić information content (AvgIpc) is 3.28. The van der Waals surface area contributed by atoms with Crippen LogP contribution in [0.3, 0.4) is 0 Å². The van der Waals surface area contributed by atoms with Crippen LogP contribution in [0.4, 0.5) is 10.2 Å². The molecule has 0 spiro atoms. The summed E-state index contributed by atoms with van der Waals surface area (Å²) in [5.41, 5.74) is 0.782. The van der Waals surface area contributed by atoms with Crippen molar-refractivity contribution in [3.05, 3.63) is 42.1 Å². The van der Waals surface area contributed by atoms with Crippen molar-refractivity contribution in [1.29, 1.82) is 5.26 Å². The van der Waals surface area contributed by atoms with Gasteiger partial charge in [0.15, 0.2) is 23.2 Å². The minimum absolute atomic E-state index is 0.0967. The summed E-state index contributed by atoms with van der Waals surface area (Å²) in [5.74, 6) is 0.146. The zero-order valence-corrected chi connectivity index (χ0v) is 18.7. The summed E-state index contributed by atoms with van der Waals surface area (Å²) in [4.78, 5) is 6.58. The van der Waals surface area contributed by atoms with Gasteiger partial charge in [-0.25, -0.2) is 14.1 Å². The first-order valence-electron chi connectivity index (χ1n) is 10.9. The maximum absolute atomic E-state index is 13.7. The molecule has 1 aromatic carbocycles. The number of nitriles is 1. The molecular weight excluding hydrogens is 423 g/mol. The maximum Gasteiger partial charge on any atom is 0.198 e. The van der Waals surface area contributed by atoms with E-state index in [1.165, 1.54) is 23.6 Å². The Kier molecular flexibility index (Phi) is 4.83. The fourth-order valence-electron chi connectivity index (χ4n) is 5.25. The number of piperidine rings is 1. The van der Waals surface area contributed by atoms with E-state index in [-0.39, 0.29) is 28.3 Å². The van der Waals surface area contributed by atoms with E-state index in [0.717, 1.165) is 19.0 Å². The maximum atomic E-state index is 13.7. The molecule has 0 saturated carbocycles. The zero-order chi connectivity index (χ0) is 23.4. The second kappa shape index (κ2) is 7.49. The molecule has 170 valence electrons. The molecule has 2 aromatic heterocycles. The van der Waals surface area contributed by atoms with Crippen LogP contribution < -0.4 is 10.2 Å². The van der Waals surface area contributed by atoms with Crippen LogP contribution in [-0.2, 0) is 0 Å². The number of hydrogen-bond acceptors (Lipinski definition) is 8. The first-order valence-corrected chi connectivity index (χ1v) is 10.9. The predicted molar refractivity (Wildman–Crippen MR) is 119 cm³/mol. The summed E-state index contributed by atoms with van der Waals surface area (Å²) in [7, 11) is 2.03. The van der Waals surface area contributed by atoms with Gasteiger partial charge in [0, 0.05) is 30.2 Å². The van der Waals surface area contributed by atoms with Gasteiger partial charge in [-0.3, -0.25) is 0 Å². The number of hydrogen-bond donors (Lipinski definition) is 2. The van der Waals surface area contributed by atoms with Crippen molar-refractivity contribution >= 4 is 5.82 Å². The fraction of sp³-hybridized carbons (Fsp3) is 0.435. The molecule has 2 N–H and O–H groups in total. The third-order valence-corrected chi connectivity index (χ3v) is 6.93. The molecule has 2 saturated heterocycles. The minimum atomic E-state index is -0.724. The predicted octanol–water partition coefficient (Wildman–Crippen LogP) is 2.94. The van der Waals surface area contributed by atoms with Gasteiger partial charge in [-0.2, -0.15) is 10.4 Å². The number of anilines is 1. The number of rotatable bonds is 4. The highest BCUT2D eigenvalue weighted by molar-refractivity contribution is 5.66. The number of aromatic nitrogens is 5. The van der Waals surface area contributed by atoms with Gasteiger partial charge in [0.05, 0.1) is 23.6 Å². The van der Waals surface area contributed by atoms with Crippen molar-refractivity contribution in [3.63, 3.8) is 0 Å². The number of nitrogens with zero attached hydrogens (tertiary/aromatic N) is 7. The van der Waals surface area contributed by atoms with E-state index in [2.05, 4.69) is 44.3 Å². The van der Waals surface area contributed by atoms with E-state index in [4.69, 9.17) is 5.26 Å². The SMILES string of the molecule is CN(c1cnc(-c2ccc(-n3cc(F)c(C#N)n3)cc2O)nn1)[C@H]1C[C@]2(C)CC[C@](C)(C1)N2. The lowest BCUT2D eigenvalue weighted by molar-refractivity contribution is 0.207. The monoisotopic (exact) mass is 448 g/mol. The first kappa shape index (κ1) is 21.3. The number of aromatic hydroxyl groups is 1. The van der Waals surface area contributed by atoms with Crippen molar-refractivity contribution in [2.45, 2.75) is 56.7 Å².